The molecule has 2 aliphatic rings. The maximum Gasteiger partial charge on any atom is 0.228 e. The normalized spacial score (nSPS) is 24.1. The van der Waals surface area contributed by atoms with Crippen LogP contribution in [0.3, 0.4) is 0 Å². The standard InChI is InChI=1S/C14H17BrN2O2/c15-11-9-14(18)17(10-11)13-3-1-12(2-4-13)16-5-7-19-8-6-16/h1-4,11H,5-10H2. The molecule has 1 amide bonds. The molecule has 1 atom stereocenters. The molecule has 1 aromatic rings. The van der Waals surface area contributed by atoms with Crippen LogP contribution in [-0.2, 0) is 9.53 Å². The van der Waals surface area contributed by atoms with Gasteiger partial charge in [0.05, 0.1) is 13.2 Å². The van der Waals surface area contributed by atoms with Crippen LogP contribution in [0.1, 0.15) is 6.42 Å². The second-order valence-electron chi connectivity index (χ2n) is 4.92. The summed E-state index contributed by atoms with van der Waals surface area (Å²) in [6.45, 7) is 4.21. The van der Waals surface area contributed by atoms with Gasteiger partial charge in [-0.2, -0.15) is 0 Å². The zero-order valence-electron chi connectivity index (χ0n) is 10.7. The van der Waals surface area contributed by atoms with Gasteiger partial charge in [-0.3, -0.25) is 4.79 Å². The van der Waals surface area contributed by atoms with Gasteiger partial charge in [0.1, 0.15) is 0 Å². The lowest BCUT2D eigenvalue weighted by molar-refractivity contribution is -0.117. The van der Waals surface area contributed by atoms with E-state index in [0.29, 0.717) is 6.42 Å². The number of benzene rings is 1. The number of amides is 1. The number of rotatable bonds is 2. The Hall–Kier alpha value is -1.07. The van der Waals surface area contributed by atoms with E-state index < -0.39 is 0 Å². The summed E-state index contributed by atoms with van der Waals surface area (Å²) in [4.78, 5) is 16.3. The maximum absolute atomic E-state index is 11.8. The van der Waals surface area contributed by atoms with Gasteiger partial charge in [0.15, 0.2) is 0 Å². The fourth-order valence-corrected chi connectivity index (χ4v) is 3.14. The molecule has 0 aromatic heterocycles. The molecule has 1 unspecified atom stereocenters. The van der Waals surface area contributed by atoms with E-state index in [-0.39, 0.29) is 10.7 Å². The Balaban J connectivity index is 1.73. The highest BCUT2D eigenvalue weighted by atomic mass is 79.9. The highest BCUT2D eigenvalue weighted by Gasteiger charge is 2.28. The SMILES string of the molecule is O=C1CC(Br)CN1c1ccc(N2CCOCC2)cc1. The predicted molar refractivity (Wildman–Crippen MR) is 79.2 cm³/mol. The molecule has 0 spiro atoms. The van der Waals surface area contributed by atoms with Crippen LogP contribution in [0.5, 0.6) is 0 Å². The second-order valence-corrected chi connectivity index (χ2v) is 6.22. The van der Waals surface area contributed by atoms with Crippen LogP contribution < -0.4 is 9.80 Å². The fourth-order valence-electron chi connectivity index (χ4n) is 2.58. The highest BCUT2D eigenvalue weighted by Crippen LogP contribution is 2.27. The van der Waals surface area contributed by atoms with Gasteiger partial charge in [-0.25, -0.2) is 0 Å². The van der Waals surface area contributed by atoms with Gasteiger partial charge in [0.2, 0.25) is 5.91 Å². The summed E-state index contributed by atoms with van der Waals surface area (Å²) in [7, 11) is 0. The largest absolute Gasteiger partial charge is 0.378 e. The van der Waals surface area contributed by atoms with E-state index in [4.69, 9.17) is 4.74 Å². The number of morpholine rings is 1. The summed E-state index contributed by atoms with van der Waals surface area (Å²) < 4.78 is 5.35. The molecule has 2 aliphatic heterocycles. The second kappa shape index (κ2) is 5.51. The van der Waals surface area contributed by atoms with Crippen LogP contribution in [-0.4, -0.2) is 43.6 Å². The first kappa shape index (κ1) is 12.9. The van der Waals surface area contributed by atoms with Crippen molar-refractivity contribution in [2.24, 2.45) is 0 Å². The first-order chi connectivity index (χ1) is 9.24. The number of halogens is 1. The lowest BCUT2D eigenvalue weighted by Gasteiger charge is -2.29. The van der Waals surface area contributed by atoms with Crippen molar-refractivity contribution < 1.29 is 9.53 Å². The van der Waals surface area contributed by atoms with Crippen LogP contribution in [0, 0.1) is 0 Å². The van der Waals surface area contributed by atoms with Gasteiger partial charge >= 0.3 is 0 Å². The topological polar surface area (TPSA) is 32.8 Å². The molecule has 0 aliphatic carbocycles. The van der Waals surface area contributed by atoms with E-state index in [2.05, 4.69) is 33.0 Å². The third-order valence-electron chi connectivity index (χ3n) is 3.62. The van der Waals surface area contributed by atoms with Crippen LogP contribution in [0.4, 0.5) is 11.4 Å². The smallest absolute Gasteiger partial charge is 0.228 e. The fraction of sp³-hybridized carbons (Fsp3) is 0.500. The number of anilines is 2. The number of hydrogen-bond acceptors (Lipinski definition) is 3. The summed E-state index contributed by atoms with van der Waals surface area (Å²) >= 11 is 3.51. The van der Waals surface area contributed by atoms with Crippen LogP contribution in [0.25, 0.3) is 0 Å². The Bertz CT molecular complexity index is 457. The minimum atomic E-state index is 0.195. The Morgan fingerprint density at radius 2 is 1.74 bits per heavy atom. The Kier molecular flexibility index (Phi) is 3.75. The molecular formula is C14H17BrN2O2. The quantitative estimate of drug-likeness (QED) is 0.780. The number of nitrogens with zero attached hydrogens (tertiary/aromatic N) is 2. The third kappa shape index (κ3) is 2.77. The van der Waals surface area contributed by atoms with Gasteiger partial charge in [0, 0.05) is 42.3 Å². The van der Waals surface area contributed by atoms with E-state index >= 15 is 0 Å². The Morgan fingerprint density at radius 3 is 2.32 bits per heavy atom. The molecule has 0 bridgehead atoms. The van der Waals surface area contributed by atoms with Crippen molar-refractivity contribution in [1.29, 1.82) is 0 Å². The molecule has 2 fully saturated rings. The molecule has 19 heavy (non-hydrogen) atoms. The van der Waals surface area contributed by atoms with Crippen LogP contribution in [0.2, 0.25) is 0 Å². The molecule has 4 nitrogen and oxygen atoms in total. The highest BCUT2D eigenvalue weighted by molar-refractivity contribution is 9.09. The zero-order chi connectivity index (χ0) is 13.2. The third-order valence-corrected chi connectivity index (χ3v) is 4.23. The van der Waals surface area contributed by atoms with E-state index in [9.17, 15) is 4.79 Å². The molecule has 5 heteroatoms. The molecule has 3 rings (SSSR count). The zero-order valence-corrected chi connectivity index (χ0v) is 12.3. The van der Waals surface area contributed by atoms with Crippen molar-refractivity contribution in [3.8, 4) is 0 Å². The minimum Gasteiger partial charge on any atom is -0.378 e. The molecule has 2 heterocycles. The minimum absolute atomic E-state index is 0.195. The molecule has 2 saturated heterocycles. The molecule has 102 valence electrons. The van der Waals surface area contributed by atoms with Gasteiger partial charge < -0.3 is 14.5 Å². The average molecular weight is 325 g/mol. The number of hydrogen-bond donors (Lipinski definition) is 0. The van der Waals surface area contributed by atoms with Crippen molar-refractivity contribution in [3.05, 3.63) is 24.3 Å². The van der Waals surface area contributed by atoms with E-state index in [1.807, 2.05) is 17.0 Å². The Morgan fingerprint density at radius 1 is 1.11 bits per heavy atom. The molecule has 1 aromatic carbocycles. The molecule has 0 saturated carbocycles. The van der Waals surface area contributed by atoms with Gasteiger partial charge in [0.25, 0.3) is 0 Å². The average Bonchev–Trinajstić information content (AvgIpc) is 2.79. The monoisotopic (exact) mass is 324 g/mol. The number of carbonyl (C=O) groups excluding carboxylic acids is 1. The van der Waals surface area contributed by atoms with Crippen LogP contribution in [0.15, 0.2) is 24.3 Å². The van der Waals surface area contributed by atoms with Crippen molar-refractivity contribution >= 4 is 33.2 Å². The lowest BCUT2D eigenvalue weighted by Crippen LogP contribution is -2.36. The van der Waals surface area contributed by atoms with E-state index in [1.165, 1.54) is 5.69 Å². The number of carbonyl (C=O) groups is 1. The van der Waals surface area contributed by atoms with E-state index in [1.54, 1.807) is 0 Å². The molecule has 0 N–H and O–H groups in total. The molecule has 0 radical (unpaired) electrons. The summed E-state index contributed by atoms with van der Waals surface area (Å²) in [5.41, 5.74) is 2.19. The van der Waals surface area contributed by atoms with Crippen molar-refractivity contribution in [1.82, 2.24) is 0 Å². The van der Waals surface area contributed by atoms with Gasteiger partial charge in [-0.05, 0) is 24.3 Å². The molecular weight excluding hydrogens is 308 g/mol. The summed E-state index contributed by atoms with van der Waals surface area (Å²) in [6.07, 6.45) is 0.589. The Labute approximate surface area is 121 Å². The number of ether oxygens (including phenoxy) is 1. The van der Waals surface area contributed by atoms with Crippen molar-refractivity contribution in [2.75, 3.05) is 42.6 Å². The van der Waals surface area contributed by atoms with Crippen molar-refractivity contribution in [2.45, 2.75) is 11.2 Å². The summed E-state index contributed by atoms with van der Waals surface area (Å²) in [6, 6.07) is 8.26. The first-order valence-electron chi connectivity index (χ1n) is 6.61. The maximum atomic E-state index is 11.8. The first-order valence-corrected chi connectivity index (χ1v) is 7.53. The summed E-state index contributed by atoms with van der Waals surface area (Å²) in [5.74, 6) is 0.195. The van der Waals surface area contributed by atoms with Gasteiger partial charge in [-0.15, -0.1) is 0 Å². The predicted octanol–water partition coefficient (Wildman–Crippen LogP) is 2.02. The van der Waals surface area contributed by atoms with Gasteiger partial charge in [-0.1, -0.05) is 15.9 Å². The van der Waals surface area contributed by atoms with Crippen molar-refractivity contribution in [3.63, 3.8) is 0 Å². The number of alkyl halides is 1. The lowest BCUT2D eigenvalue weighted by atomic mass is 10.2. The summed E-state index contributed by atoms with van der Waals surface area (Å²) in [5, 5.41) is 0. The van der Waals surface area contributed by atoms with E-state index in [0.717, 1.165) is 38.5 Å². The van der Waals surface area contributed by atoms with Crippen LogP contribution >= 0.6 is 15.9 Å².